The Balaban J connectivity index is 1.94. The summed E-state index contributed by atoms with van der Waals surface area (Å²) in [4.78, 5) is 44.3. The van der Waals surface area contributed by atoms with Crippen LogP contribution in [0.4, 0.5) is 4.39 Å². The van der Waals surface area contributed by atoms with E-state index in [1.54, 1.807) is 6.07 Å². The number of hydrogen-bond acceptors (Lipinski definition) is 4. The van der Waals surface area contributed by atoms with Gasteiger partial charge in [0.25, 0.3) is 0 Å². The second kappa shape index (κ2) is 8.61. The maximum absolute atomic E-state index is 14.0. The molecule has 0 aliphatic carbocycles. The lowest BCUT2D eigenvalue weighted by Gasteiger charge is -2.36. The van der Waals surface area contributed by atoms with E-state index in [4.69, 9.17) is 0 Å². The lowest BCUT2D eigenvalue weighted by atomic mass is 9.75. The summed E-state index contributed by atoms with van der Waals surface area (Å²) in [5.74, 6) is -1.32. The molecule has 0 aromatic heterocycles. The standard InChI is InChI=1S/C22H30FN3O3/c1-16-7-4-5-10-25(16)19(27)14-22(17-8-6-9-18(23)13-17)15-20(28)26(21(22)29)12-11-24(2)3/h6,8-9,13,16H,4-5,7,10-12,14-15H2,1-3H3/t16-,22+/m1/s1. The quantitative estimate of drug-likeness (QED) is 0.683. The van der Waals surface area contributed by atoms with Crippen molar-refractivity contribution in [1.29, 1.82) is 0 Å². The van der Waals surface area contributed by atoms with Crippen LogP contribution in [0, 0.1) is 5.82 Å². The van der Waals surface area contributed by atoms with Crippen LogP contribution < -0.4 is 0 Å². The third-order valence-electron chi connectivity index (χ3n) is 6.13. The van der Waals surface area contributed by atoms with Crippen molar-refractivity contribution in [3.63, 3.8) is 0 Å². The van der Waals surface area contributed by atoms with Crippen molar-refractivity contribution < 1.29 is 18.8 Å². The van der Waals surface area contributed by atoms with Crippen LogP contribution in [0.3, 0.4) is 0 Å². The SMILES string of the molecule is C[C@@H]1CCCCN1C(=O)C[C@@]1(c2cccc(F)c2)CC(=O)N(CCN(C)C)C1=O. The summed E-state index contributed by atoms with van der Waals surface area (Å²) in [5, 5.41) is 0. The number of nitrogens with zero attached hydrogens (tertiary/aromatic N) is 3. The Morgan fingerprint density at radius 1 is 1.28 bits per heavy atom. The number of imide groups is 1. The Labute approximate surface area is 171 Å². The number of likely N-dealkylation sites (tertiary alicyclic amines) is 2. The normalized spacial score (nSPS) is 25.2. The van der Waals surface area contributed by atoms with Crippen LogP contribution >= 0.6 is 0 Å². The molecule has 2 saturated heterocycles. The van der Waals surface area contributed by atoms with Crippen molar-refractivity contribution in [2.45, 2.75) is 50.5 Å². The van der Waals surface area contributed by atoms with E-state index in [9.17, 15) is 18.8 Å². The van der Waals surface area contributed by atoms with Crippen LogP contribution in [0.15, 0.2) is 24.3 Å². The highest BCUT2D eigenvalue weighted by molar-refractivity contribution is 6.10. The number of likely N-dealkylation sites (N-methyl/N-ethyl adjacent to an activating group) is 1. The predicted molar refractivity (Wildman–Crippen MR) is 108 cm³/mol. The van der Waals surface area contributed by atoms with Crippen LogP contribution in [0.25, 0.3) is 0 Å². The maximum Gasteiger partial charge on any atom is 0.240 e. The first-order valence-corrected chi connectivity index (χ1v) is 10.3. The Morgan fingerprint density at radius 2 is 2.03 bits per heavy atom. The maximum atomic E-state index is 14.0. The van der Waals surface area contributed by atoms with Gasteiger partial charge in [0.05, 0.1) is 5.41 Å². The molecular formula is C22H30FN3O3. The van der Waals surface area contributed by atoms with Gasteiger partial charge in [-0.1, -0.05) is 12.1 Å². The fourth-order valence-electron chi connectivity index (χ4n) is 4.41. The van der Waals surface area contributed by atoms with Gasteiger partial charge in [-0.3, -0.25) is 19.3 Å². The molecule has 0 unspecified atom stereocenters. The van der Waals surface area contributed by atoms with Gasteiger partial charge in [-0.05, 0) is 58.0 Å². The number of piperidine rings is 1. The molecule has 0 N–H and O–H groups in total. The van der Waals surface area contributed by atoms with Crippen LogP contribution in [0.5, 0.6) is 0 Å². The van der Waals surface area contributed by atoms with Crippen LogP contribution in [0.2, 0.25) is 0 Å². The number of rotatable bonds is 6. The lowest BCUT2D eigenvalue weighted by Crippen LogP contribution is -2.47. The highest BCUT2D eigenvalue weighted by Gasteiger charge is 2.54. The molecule has 29 heavy (non-hydrogen) atoms. The second-order valence-corrected chi connectivity index (χ2v) is 8.53. The average Bonchev–Trinajstić information content (AvgIpc) is 2.90. The van der Waals surface area contributed by atoms with E-state index in [0.717, 1.165) is 19.3 Å². The molecule has 0 radical (unpaired) electrons. The zero-order valence-electron chi connectivity index (χ0n) is 17.5. The predicted octanol–water partition coefficient (Wildman–Crippen LogP) is 2.18. The molecule has 3 amide bonds. The van der Waals surface area contributed by atoms with Crippen molar-refractivity contribution in [2.75, 3.05) is 33.7 Å². The van der Waals surface area contributed by atoms with Crippen molar-refractivity contribution in [1.82, 2.24) is 14.7 Å². The molecule has 2 aliphatic heterocycles. The molecule has 0 bridgehead atoms. The summed E-state index contributed by atoms with van der Waals surface area (Å²) in [6, 6.07) is 5.87. The largest absolute Gasteiger partial charge is 0.340 e. The monoisotopic (exact) mass is 403 g/mol. The number of carbonyl (C=O) groups is 3. The van der Waals surface area contributed by atoms with E-state index in [1.165, 1.54) is 23.1 Å². The van der Waals surface area contributed by atoms with Gasteiger partial charge in [0, 0.05) is 38.5 Å². The van der Waals surface area contributed by atoms with Crippen molar-refractivity contribution in [2.24, 2.45) is 0 Å². The summed E-state index contributed by atoms with van der Waals surface area (Å²) in [6.45, 7) is 3.46. The van der Waals surface area contributed by atoms with Gasteiger partial charge < -0.3 is 9.80 Å². The first kappa shape index (κ1) is 21.4. The topological polar surface area (TPSA) is 60.9 Å². The summed E-state index contributed by atoms with van der Waals surface area (Å²) in [6.07, 6.45) is 2.74. The van der Waals surface area contributed by atoms with Crippen molar-refractivity contribution >= 4 is 17.7 Å². The van der Waals surface area contributed by atoms with Crippen LogP contribution in [-0.4, -0.2) is 72.2 Å². The van der Waals surface area contributed by atoms with E-state index in [-0.39, 0.29) is 37.2 Å². The molecule has 2 aliphatic rings. The highest BCUT2D eigenvalue weighted by atomic mass is 19.1. The summed E-state index contributed by atoms with van der Waals surface area (Å²) >= 11 is 0. The van der Waals surface area contributed by atoms with E-state index in [2.05, 4.69) is 0 Å². The fourth-order valence-corrected chi connectivity index (χ4v) is 4.41. The van der Waals surface area contributed by atoms with Gasteiger partial charge in [0.15, 0.2) is 0 Å². The van der Waals surface area contributed by atoms with Gasteiger partial charge in [-0.2, -0.15) is 0 Å². The third-order valence-corrected chi connectivity index (χ3v) is 6.13. The summed E-state index contributed by atoms with van der Waals surface area (Å²) in [7, 11) is 3.73. The van der Waals surface area contributed by atoms with Gasteiger partial charge in [0.2, 0.25) is 17.7 Å². The van der Waals surface area contributed by atoms with Gasteiger partial charge in [0.1, 0.15) is 5.82 Å². The van der Waals surface area contributed by atoms with Crippen LogP contribution in [-0.2, 0) is 19.8 Å². The Kier molecular flexibility index (Phi) is 6.36. The smallest absolute Gasteiger partial charge is 0.240 e. The van der Waals surface area contributed by atoms with E-state index in [1.807, 2.05) is 30.8 Å². The molecule has 158 valence electrons. The van der Waals surface area contributed by atoms with Crippen LogP contribution in [0.1, 0.15) is 44.6 Å². The molecule has 6 nitrogen and oxygen atoms in total. The summed E-state index contributed by atoms with van der Waals surface area (Å²) < 4.78 is 14.0. The van der Waals surface area contributed by atoms with Gasteiger partial charge in [-0.25, -0.2) is 4.39 Å². The molecular weight excluding hydrogens is 373 g/mol. The Hall–Kier alpha value is -2.28. The third kappa shape index (κ3) is 4.34. The molecule has 7 heteroatoms. The highest BCUT2D eigenvalue weighted by Crippen LogP contribution is 2.41. The molecule has 1 aromatic carbocycles. The number of carbonyl (C=O) groups excluding carboxylic acids is 3. The van der Waals surface area contributed by atoms with Crippen molar-refractivity contribution in [3.8, 4) is 0 Å². The van der Waals surface area contributed by atoms with Gasteiger partial charge >= 0.3 is 0 Å². The lowest BCUT2D eigenvalue weighted by molar-refractivity contribution is -0.143. The zero-order chi connectivity index (χ0) is 21.2. The van der Waals surface area contributed by atoms with Gasteiger partial charge in [-0.15, -0.1) is 0 Å². The number of benzene rings is 1. The number of amides is 3. The minimum absolute atomic E-state index is 0.101. The molecule has 1 aromatic rings. The Morgan fingerprint density at radius 3 is 2.69 bits per heavy atom. The average molecular weight is 403 g/mol. The first-order valence-electron chi connectivity index (χ1n) is 10.3. The minimum atomic E-state index is -1.33. The Bertz CT molecular complexity index is 797. The number of halogens is 1. The van der Waals surface area contributed by atoms with E-state index >= 15 is 0 Å². The zero-order valence-corrected chi connectivity index (χ0v) is 17.5. The molecule has 2 atom stereocenters. The number of hydrogen-bond donors (Lipinski definition) is 0. The van der Waals surface area contributed by atoms with E-state index in [0.29, 0.717) is 18.7 Å². The molecule has 0 saturated carbocycles. The first-order chi connectivity index (χ1) is 13.7. The molecule has 2 heterocycles. The summed E-state index contributed by atoms with van der Waals surface area (Å²) in [5.41, 5.74) is -0.930. The molecule has 2 fully saturated rings. The van der Waals surface area contributed by atoms with Crippen molar-refractivity contribution in [3.05, 3.63) is 35.6 Å². The molecule has 3 rings (SSSR count). The molecule has 0 spiro atoms. The second-order valence-electron chi connectivity index (χ2n) is 8.53. The van der Waals surface area contributed by atoms with E-state index < -0.39 is 17.1 Å². The fraction of sp³-hybridized carbons (Fsp3) is 0.591. The minimum Gasteiger partial charge on any atom is -0.340 e.